The second kappa shape index (κ2) is 6.98. The van der Waals surface area contributed by atoms with E-state index in [1.807, 2.05) is 12.3 Å². The Balaban J connectivity index is 2.18. The number of amidine groups is 1. The molecule has 0 aromatic rings. The summed E-state index contributed by atoms with van der Waals surface area (Å²) >= 11 is 0. The molecule has 0 aliphatic carbocycles. The first-order valence-corrected chi connectivity index (χ1v) is 7.28. The van der Waals surface area contributed by atoms with E-state index < -0.39 is 0 Å². The number of hydrogen-bond donors (Lipinski definition) is 2. The van der Waals surface area contributed by atoms with Crippen molar-refractivity contribution in [2.24, 2.45) is 10.7 Å². The third kappa shape index (κ3) is 3.32. The molecule has 2 heterocycles. The minimum atomic E-state index is 0.344. The number of nitrogens with one attached hydrogen (secondary N) is 1. The molecule has 0 aromatic carbocycles. The molecule has 2 aliphatic rings. The van der Waals surface area contributed by atoms with Crippen molar-refractivity contribution in [2.45, 2.75) is 32.2 Å². The van der Waals surface area contributed by atoms with E-state index in [1.54, 1.807) is 0 Å². The zero-order valence-corrected chi connectivity index (χ0v) is 12.2. The second-order valence-electron chi connectivity index (χ2n) is 5.05. The van der Waals surface area contributed by atoms with Gasteiger partial charge in [0.2, 0.25) is 0 Å². The molecule has 0 aromatic heterocycles. The molecule has 0 radical (unpaired) electrons. The number of nitrogens with zero attached hydrogens (tertiary/aromatic N) is 2. The first-order valence-electron chi connectivity index (χ1n) is 7.28. The van der Waals surface area contributed by atoms with Gasteiger partial charge in [0.15, 0.2) is 0 Å². The van der Waals surface area contributed by atoms with Gasteiger partial charge in [-0.25, -0.2) is 4.99 Å². The maximum Gasteiger partial charge on any atom is 0.147 e. The van der Waals surface area contributed by atoms with E-state index in [0.717, 1.165) is 25.2 Å². The smallest absolute Gasteiger partial charge is 0.147 e. The van der Waals surface area contributed by atoms with E-state index >= 15 is 0 Å². The fraction of sp³-hybridized carbons (Fsp3) is 0.438. The van der Waals surface area contributed by atoms with Gasteiger partial charge in [-0.15, -0.1) is 0 Å². The van der Waals surface area contributed by atoms with Gasteiger partial charge in [-0.05, 0) is 24.8 Å². The van der Waals surface area contributed by atoms with Gasteiger partial charge in [-0.3, -0.25) is 0 Å². The SMILES string of the molecule is C=C/C(=C\C=C/CC)C1CCCN1C1=CNCC(N)=N1. The minimum Gasteiger partial charge on any atom is -0.386 e. The van der Waals surface area contributed by atoms with Gasteiger partial charge in [0.1, 0.15) is 11.7 Å². The number of likely N-dealkylation sites (tertiary alicyclic amines) is 1. The minimum absolute atomic E-state index is 0.344. The molecule has 3 N–H and O–H groups in total. The lowest BCUT2D eigenvalue weighted by Crippen LogP contribution is -2.36. The molecule has 1 fully saturated rings. The average Bonchev–Trinajstić information content (AvgIpc) is 2.93. The van der Waals surface area contributed by atoms with Crippen molar-refractivity contribution < 1.29 is 0 Å². The lowest BCUT2D eigenvalue weighted by Gasteiger charge is -2.29. The Labute approximate surface area is 121 Å². The lowest BCUT2D eigenvalue weighted by molar-refractivity contribution is 0.351. The highest BCUT2D eigenvalue weighted by molar-refractivity contribution is 5.84. The monoisotopic (exact) mass is 272 g/mol. The zero-order chi connectivity index (χ0) is 14.4. The summed E-state index contributed by atoms with van der Waals surface area (Å²) in [6.45, 7) is 7.73. The highest BCUT2D eigenvalue weighted by atomic mass is 15.3. The molecule has 1 saturated heterocycles. The summed E-state index contributed by atoms with van der Waals surface area (Å²) in [5, 5.41) is 3.17. The Morgan fingerprint density at radius 1 is 1.65 bits per heavy atom. The molecule has 0 spiro atoms. The third-order valence-corrected chi connectivity index (χ3v) is 3.60. The number of aliphatic imine (C=N–C) groups is 1. The number of nitrogens with two attached hydrogens (primary N) is 1. The molecule has 2 rings (SSSR count). The van der Waals surface area contributed by atoms with Crippen LogP contribution in [0.3, 0.4) is 0 Å². The predicted octanol–water partition coefficient (Wildman–Crippen LogP) is 2.29. The van der Waals surface area contributed by atoms with Gasteiger partial charge in [0.25, 0.3) is 0 Å². The quantitative estimate of drug-likeness (QED) is 0.755. The van der Waals surface area contributed by atoms with Crippen molar-refractivity contribution in [1.29, 1.82) is 0 Å². The summed E-state index contributed by atoms with van der Waals surface area (Å²) in [6.07, 6.45) is 13.7. The first kappa shape index (κ1) is 14.4. The average molecular weight is 272 g/mol. The van der Waals surface area contributed by atoms with E-state index in [9.17, 15) is 0 Å². The molecule has 2 aliphatic heterocycles. The summed E-state index contributed by atoms with van der Waals surface area (Å²) in [5.41, 5.74) is 7.06. The van der Waals surface area contributed by atoms with Crippen molar-refractivity contribution >= 4 is 5.84 Å². The maximum absolute atomic E-state index is 5.82. The van der Waals surface area contributed by atoms with Crippen molar-refractivity contribution in [3.8, 4) is 0 Å². The van der Waals surface area contributed by atoms with E-state index in [1.165, 1.54) is 12.0 Å². The summed E-state index contributed by atoms with van der Waals surface area (Å²) < 4.78 is 0. The van der Waals surface area contributed by atoms with Crippen LogP contribution in [0.5, 0.6) is 0 Å². The Morgan fingerprint density at radius 2 is 2.50 bits per heavy atom. The largest absolute Gasteiger partial charge is 0.386 e. The molecule has 4 nitrogen and oxygen atoms in total. The van der Waals surface area contributed by atoms with Crippen LogP contribution in [0, 0.1) is 0 Å². The molecule has 20 heavy (non-hydrogen) atoms. The van der Waals surface area contributed by atoms with Crippen LogP contribution in [0.4, 0.5) is 0 Å². The topological polar surface area (TPSA) is 53.6 Å². The maximum atomic E-state index is 5.82. The zero-order valence-electron chi connectivity index (χ0n) is 12.2. The van der Waals surface area contributed by atoms with Gasteiger partial charge in [0.05, 0.1) is 12.6 Å². The first-order chi connectivity index (χ1) is 9.76. The van der Waals surface area contributed by atoms with E-state index in [0.29, 0.717) is 18.4 Å². The number of rotatable bonds is 5. The molecular formula is C16H24N4. The fourth-order valence-electron chi connectivity index (χ4n) is 2.63. The Kier molecular flexibility index (Phi) is 5.04. The highest BCUT2D eigenvalue weighted by Gasteiger charge is 2.28. The lowest BCUT2D eigenvalue weighted by atomic mass is 10.0. The second-order valence-corrected chi connectivity index (χ2v) is 5.05. The van der Waals surface area contributed by atoms with E-state index in [2.05, 4.69) is 46.9 Å². The molecule has 0 amide bonds. The molecule has 0 bridgehead atoms. The summed E-state index contributed by atoms with van der Waals surface area (Å²) in [5.74, 6) is 1.58. The van der Waals surface area contributed by atoms with E-state index in [-0.39, 0.29) is 0 Å². The summed E-state index contributed by atoms with van der Waals surface area (Å²) in [4.78, 5) is 6.78. The van der Waals surface area contributed by atoms with Crippen molar-refractivity contribution in [3.63, 3.8) is 0 Å². The fourth-order valence-corrected chi connectivity index (χ4v) is 2.63. The third-order valence-electron chi connectivity index (χ3n) is 3.60. The van der Waals surface area contributed by atoms with Crippen molar-refractivity contribution in [3.05, 3.63) is 48.5 Å². The summed E-state index contributed by atoms with van der Waals surface area (Å²) in [7, 11) is 0. The molecule has 4 heteroatoms. The molecular weight excluding hydrogens is 248 g/mol. The van der Waals surface area contributed by atoms with Gasteiger partial charge >= 0.3 is 0 Å². The molecule has 108 valence electrons. The highest BCUT2D eigenvalue weighted by Crippen LogP contribution is 2.29. The van der Waals surface area contributed by atoms with Gasteiger partial charge in [0, 0.05) is 12.7 Å². The van der Waals surface area contributed by atoms with Crippen LogP contribution in [0.1, 0.15) is 26.2 Å². The predicted molar refractivity (Wildman–Crippen MR) is 85.1 cm³/mol. The van der Waals surface area contributed by atoms with Crippen LogP contribution >= 0.6 is 0 Å². The van der Waals surface area contributed by atoms with Crippen LogP contribution < -0.4 is 11.1 Å². The molecule has 1 unspecified atom stereocenters. The standard InChI is InChI=1S/C16H24N4/c1-3-5-6-8-13(4-2)14-9-7-10-20(14)16-12-18-11-15(17)19-16/h4-6,8,12,14,18H,2-3,7,9-11H2,1H3,(H2,17,19)/b6-5-,13-8+. The van der Waals surface area contributed by atoms with Crippen LogP contribution in [0.25, 0.3) is 0 Å². The van der Waals surface area contributed by atoms with Crippen LogP contribution in [-0.4, -0.2) is 29.9 Å². The number of allylic oxidation sites excluding steroid dienone is 3. The van der Waals surface area contributed by atoms with Crippen molar-refractivity contribution in [2.75, 3.05) is 13.1 Å². The Bertz CT molecular complexity index is 471. The normalized spacial score (nSPS) is 23.6. The van der Waals surface area contributed by atoms with E-state index in [4.69, 9.17) is 5.73 Å². The summed E-state index contributed by atoms with van der Waals surface area (Å²) in [6, 6.07) is 0.344. The van der Waals surface area contributed by atoms with Crippen molar-refractivity contribution in [1.82, 2.24) is 10.2 Å². The van der Waals surface area contributed by atoms with Gasteiger partial charge in [-0.1, -0.05) is 37.8 Å². The Hall–Kier alpha value is -1.97. The Morgan fingerprint density at radius 3 is 3.20 bits per heavy atom. The van der Waals surface area contributed by atoms with Crippen LogP contribution in [0.2, 0.25) is 0 Å². The number of hydrogen-bond acceptors (Lipinski definition) is 4. The molecule has 0 saturated carbocycles. The van der Waals surface area contributed by atoms with Gasteiger partial charge in [-0.2, -0.15) is 0 Å². The van der Waals surface area contributed by atoms with Crippen LogP contribution in [0.15, 0.2) is 53.5 Å². The van der Waals surface area contributed by atoms with Crippen LogP contribution in [-0.2, 0) is 0 Å². The molecule has 1 atom stereocenters. The van der Waals surface area contributed by atoms with Gasteiger partial charge < -0.3 is 16.0 Å².